The molecule has 0 spiro atoms. The third-order valence-corrected chi connectivity index (χ3v) is 3.94. The molecule has 1 N–H and O–H groups in total. The van der Waals surface area contributed by atoms with Crippen molar-refractivity contribution in [3.8, 4) is 0 Å². The van der Waals surface area contributed by atoms with Gasteiger partial charge in [0.25, 0.3) is 0 Å². The molecule has 3 heteroatoms. The van der Waals surface area contributed by atoms with E-state index in [-0.39, 0.29) is 0 Å². The van der Waals surface area contributed by atoms with Gasteiger partial charge < -0.3 is 5.32 Å². The predicted molar refractivity (Wildman–Crippen MR) is 61.2 cm³/mol. The Labute approximate surface area is 95.0 Å². The van der Waals surface area contributed by atoms with E-state index < -0.39 is 0 Å². The number of nitrogens with zero attached hydrogens (tertiary/aromatic N) is 1. The number of aromatic nitrogens is 1. The van der Waals surface area contributed by atoms with Gasteiger partial charge >= 0.3 is 0 Å². The van der Waals surface area contributed by atoms with Crippen LogP contribution in [0.15, 0.2) is 18.3 Å². The van der Waals surface area contributed by atoms with Gasteiger partial charge in [0.1, 0.15) is 5.15 Å². The van der Waals surface area contributed by atoms with Gasteiger partial charge in [0.05, 0.1) is 0 Å². The first-order valence-electron chi connectivity index (χ1n) is 5.70. The number of hydrogen-bond donors (Lipinski definition) is 1. The van der Waals surface area contributed by atoms with Crippen LogP contribution in [0.4, 0.5) is 0 Å². The highest BCUT2D eigenvalue weighted by atomic mass is 35.5. The second-order valence-corrected chi connectivity index (χ2v) is 5.04. The molecule has 0 aromatic carbocycles. The van der Waals surface area contributed by atoms with E-state index in [4.69, 9.17) is 11.6 Å². The molecule has 0 radical (unpaired) electrons. The van der Waals surface area contributed by atoms with Crippen LogP contribution in [0.1, 0.15) is 37.2 Å². The number of nitrogens with one attached hydrogen (secondary N) is 1. The third kappa shape index (κ3) is 1.77. The lowest BCUT2D eigenvalue weighted by atomic mass is 9.92. The minimum Gasteiger partial charge on any atom is -0.311 e. The van der Waals surface area contributed by atoms with Gasteiger partial charge in [-0.15, -0.1) is 0 Å². The van der Waals surface area contributed by atoms with E-state index in [2.05, 4.69) is 16.4 Å². The van der Waals surface area contributed by atoms with Crippen LogP contribution < -0.4 is 5.32 Å². The highest BCUT2D eigenvalue weighted by molar-refractivity contribution is 6.29. The van der Waals surface area contributed by atoms with E-state index in [1.807, 2.05) is 12.3 Å². The number of rotatable bonds is 1. The lowest BCUT2D eigenvalue weighted by Crippen LogP contribution is -2.34. The van der Waals surface area contributed by atoms with Crippen molar-refractivity contribution in [2.75, 3.05) is 0 Å². The normalized spacial score (nSPS) is 34.3. The maximum absolute atomic E-state index is 5.80. The molecule has 2 fully saturated rings. The van der Waals surface area contributed by atoms with Crippen molar-refractivity contribution in [2.24, 2.45) is 0 Å². The van der Waals surface area contributed by atoms with Crippen LogP contribution in [-0.4, -0.2) is 17.1 Å². The predicted octanol–water partition coefficient (Wildman–Crippen LogP) is 2.73. The van der Waals surface area contributed by atoms with Gasteiger partial charge in [-0.05, 0) is 30.9 Å². The van der Waals surface area contributed by atoms with Gasteiger partial charge in [-0.2, -0.15) is 0 Å². The molecule has 1 aromatic heterocycles. The Hall–Kier alpha value is -0.600. The number of fused-ring (bicyclic) bond motifs is 2. The Morgan fingerprint density at radius 3 is 3.00 bits per heavy atom. The molecule has 3 heterocycles. The maximum Gasteiger partial charge on any atom is 0.129 e. The molecule has 80 valence electrons. The number of pyridine rings is 1. The Morgan fingerprint density at radius 2 is 2.27 bits per heavy atom. The first-order valence-corrected chi connectivity index (χ1v) is 6.08. The first kappa shape index (κ1) is 9.61. The Bertz CT molecular complexity index is 349. The molecule has 0 amide bonds. The number of halogens is 1. The summed E-state index contributed by atoms with van der Waals surface area (Å²) in [5.74, 6) is 0.655. The molecule has 3 atom stereocenters. The highest BCUT2D eigenvalue weighted by Gasteiger charge is 2.37. The van der Waals surface area contributed by atoms with Crippen LogP contribution in [-0.2, 0) is 0 Å². The van der Waals surface area contributed by atoms with Gasteiger partial charge in [0, 0.05) is 24.2 Å². The van der Waals surface area contributed by atoms with Gasteiger partial charge in [-0.3, -0.25) is 0 Å². The second-order valence-electron chi connectivity index (χ2n) is 4.66. The Balaban J connectivity index is 1.85. The zero-order valence-corrected chi connectivity index (χ0v) is 9.37. The van der Waals surface area contributed by atoms with Crippen molar-refractivity contribution in [1.29, 1.82) is 0 Å². The SMILES string of the molecule is Clc1ccc([C@H]2C[C@@H]3CCC[C@H]2N3)cn1. The molecule has 1 aromatic rings. The number of piperidine rings is 1. The molecule has 0 unspecified atom stereocenters. The summed E-state index contributed by atoms with van der Waals surface area (Å²) in [5, 5.41) is 4.28. The molecular weight excluding hydrogens is 208 g/mol. The fourth-order valence-corrected chi connectivity index (χ4v) is 3.11. The van der Waals surface area contributed by atoms with Crippen LogP contribution in [0.3, 0.4) is 0 Å². The maximum atomic E-state index is 5.80. The average molecular weight is 223 g/mol. The average Bonchev–Trinajstić information content (AvgIpc) is 2.55. The monoisotopic (exact) mass is 222 g/mol. The summed E-state index contributed by atoms with van der Waals surface area (Å²) in [6.45, 7) is 0. The lowest BCUT2D eigenvalue weighted by Gasteiger charge is -2.22. The third-order valence-electron chi connectivity index (χ3n) is 3.72. The Kier molecular flexibility index (Phi) is 2.41. The lowest BCUT2D eigenvalue weighted by molar-refractivity contribution is 0.397. The van der Waals surface area contributed by atoms with Crippen molar-refractivity contribution in [1.82, 2.24) is 10.3 Å². The molecule has 3 rings (SSSR count). The summed E-state index contributed by atoms with van der Waals surface area (Å²) in [6.07, 6.45) is 7.24. The van der Waals surface area contributed by atoms with E-state index in [1.165, 1.54) is 31.2 Å². The molecule has 0 aliphatic carbocycles. The molecule has 15 heavy (non-hydrogen) atoms. The zero-order chi connectivity index (χ0) is 10.3. The quantitative estimate of drug-likeness (QED) is 0.740. The summed E-state index contributed by atoms with van der Waals surface area (Å²) < 4.78 is 0. The molecule has 0 saturated carbocycles. The topological polar surface area (TPSA) is 24.9 Å². The number of hydrogen-bond acceptors (Lipinski definition) is 2. The van der Waals surface area contributed by atoms with Gasteiger partial charge in [0.15, 0.2) is 0 Å². The largest absolute Gasteiger partial charge is 0.311 e. The minimum atomic E-state index is 0.590. The molecule has 2 saturated heterocycles. The standard InChI is InChI=1S/C12H15ClN2/c13-12-5-4-8(7-14-12)10-6-9-2-1-3-11(10)15-9/h4-5,7,9-11,15H,1-3,6H2/t9-,10+,11+/m0/s1. The van der Waals surface area contributed by atoms with E-state index in [0.717, 1.165) is 6.04 Å². The summed E-state index contributed by atoms with van der Waals surface area (Å²) in [5.41, 5.74) is 1.35. The molecule has 2 aliphatic heterocycles. The van der Waals surface area contributed by atoms with E-state index in [1.54, 1.807) is 0 Å². The van der Waals surface area contributed by atoms with Crippen molar-refractivity contribution < 1.29 is 0 Å². The van der Waals surface area contributed by atoms with Gasteiger partial charge in [-0.25, -0.2) is 4.98 Å². The summed E-state index contributed by atoms with van der Waals surface area (Å²) in [6, 6.07) is 5.44. The van der Waals surface area contributed by atoms with E-state index >= 15 is 0 Å². The Morgan fingerprint density at radius 1 is 1.33 bits per heavy atom. The molecule has 2 bridgehead atoms. The van der Waals surface area contributed by atoms with E-state index in [9.17, 15) is 0 Å². The van der Waals surface area contributed by atoms with Gasteiger partial charge in [0.2, 0.25) is 0 Å². The van der Waals surface area contributed by atoms with E-state index in [0.29, 0.717) is 17.1 Å². The van der Waals surface area contributed by atoms with Crippen LogP contribution in [0.25, 0.3) is 0 Å². The van der Waals surface area contributed by atoms with Crippen LogP contribution >= 0.6 is 11.6 Å². The fraction of sp³-hybridized carbons (Fsp3) is 0.583. The second kappa shape index (κ2) is 3.76. The summed E-state index contributed by atoms with van der Waals surface area (Å²) >= 11 is 5.80. The van der Waals surface area contributed by atoms with Crippen molar-refractivity contribution in [3.05, 3.63) is 29.0 Å². The van der Waals surface area contributed by atoms with Crippen LogP contribution in [0.5, 0.6) is 0 Å². The zero-order valence-electron chi connectivity index (χ0n) is 8.62. The smallest absolute Gasteiger partial charge is 0.129 e. The van der Waals surface area contributed by atoms with Gasteiger partial charge in [-0.1, -0.05) is 24.1 Å². The molecular formula is C12H15ClN2. The van der Waals surface area contributed by atoms with Crippen molar-refractivity contribution in [2.45, 2.75) is 43.7 Å². The van der Waals surface area contributed by atoms with Crippen LogP contribution in [0, 0.1) is 0 Å². The molecule has 2 aliphatic rings. The first-order chi connectivity index (χ1) is 7.33. The fourth-order valence-electron chi connectivity index (χ4n) is 3.00. The highest BCUT2D eigenvalue weighted by Crippen LogP contribution is 2.38. The van der Waals surface area contributed by atoms with Crippen molar-refractivity contribution >= 4 is 11.6 Å². The minimum absolute atomic E-state index is 0.590. The summed E-state index contributed by atoms with van der Waals surface area (Å²) in [7, 11) is 0. The van der Waals surface area contributed by atoms with Crippen molar-refractivity contribution in [3.63, 3.8) is 0 Å². The molecule has 2 nitrogen and oxygen atoms in total. The van der Waals surface area contributed by atoms with Crippen LogP contribution in [0.2, 0.25) is 5.15 Å². The summed E-state index contributed by atoms with van der Waals surface area (Å²) in [4.78, 5) is 4.18.